The van der Waals surface area contributed by atoms with E-state index in [-0.39, 0.29) is 4.90 Å². The van der Waals surface area contributed by atoms with Crippen LogP contribution in [0.3, 0.4) is 0 Å². The molecule has 3 N–H and O–H groups in total. The maximum absolute atomic E-state index is 12.4. The molecule has 0 aliphatic rings. The van der Waals surface area contributed by atoms with Gasteiger partial charge in [-0.05, 0) is 48.0 Å². The van der Waals surface area contributed by atoms with Crippen LogP contribution in [0.25, 0.3) is 0 Å². The fraction of sp³-hybridized carbons (Fsp3) is 0.250. The van der Waals surface area contributed by atoms with Crippen LogP contribution in [0.1, 0.15) is 11.4 Å². The highest BCUT2D eigenvalue weighted by atomic mass is 79.9. The lowest BCUT2D eigenvalue weighted by atomic mass is 10.3. The van der Waals surface area contributed by atoms with Crippen molar-refractivity contribution in [1.29, 1.82) is 0 Å². The Morgan fingerprint density at radius 2 is 2.00 bits per heavy atom. The summed E-state index contributed by atoms with van der Waals surface area (Å²) in [5.41, 5.74) is 7.71. The number of hydrogen-bond donors (Lipinski definition) is 2. The van der Waals surface area contributed by atoms with E-state index in [0.717, 1.165) is 0 Å². The van der Waals surface area contributed by atoms with Crippen LogP contribution in [0, 0.1) is 13.8 Å². The van der Waals surface area contributed by atoms with Crippen molar-refractivity contribution in [3.05, 3.63) is 34.1 Å². The summed E-state index contributed by atoms with van der Waals surface area (Å²) < 4.78 is 29.6. The van der Waals surface area contributed by atoms with Gasteiger partial charge in [-0.3, -0.25) is 9.40 Å². The molecule has 0 bridgehead atoms. The van der Waals surface area contributed by atoms with E-state index in [2.05, 4.69) is 25.8 Å². The van der Waals surface area contributed by atoms with E-state index in [1.165, 1.54) is 0 Å². The number of aryl methyl sites for hydroxylation is 2. The number of anilines is 2. The number of nitrogens with two attached hydrogens (primary N) is 1. The fourth-order valence-electron chi connectivity index (χ4n) is 1.94. The number of aromatic nitrogens is 2. The first-order valence-corrected chi connectivity index (χ1v) is 8.08. The zero-order valence-electron chi connectivity index (χ0n) is 11.3. The molecule has 0 saturated carbocycles. The van der Waals surface area contributed by atoms with Gasteiger partial charge in [-0.15, -0.1) is 0 Å². The molecular formula is C12H15BrN4O2S. The molecule has 0 fully saturated rings. The molecule has 0 atom stereocenters. The van der Waals surface area contributed by atoms with Crippen LogP contribution in [0.15, 0.2) is 27.6 Å². The highest BCUT2D eigenvalue weighted by Crippen LogP contribution is 2.26. The Hall–Kier alpha value is -1.54. The predicted molar refractivity (Wildman–Crippen MR) is 82.0 cm³/mol. The molecule has 0 spiro atoms. The Bertz CT molecular complexity index is 768. The number of nitrogens with zero attached hydrogens (tertiary/aromatic N) is 2. The molecule has 20 heavy (non-hydrogen) atoms. The maximum Gasteiger partial charge on any atom is 0.265 e. The average molecular weight is 359 g/mol. The van der Waals surface area contributed by atoms with Gasteiger partial charge < -0.3 is 5.73 Å². The predicted octanol–water partition coefficient (Wildman–Crippen LogP) is 2.18. The van der Waals surface area contributed by atoms with Crippen molar-refractivity contribution in [2.24, 2.45) is 7.05 Å². The second kappa shape index (κ2) is 5.10. The van der Waals surface area contributed by atoms with E-state index in [0.29, 0.717) is 27.2 Å². The first kappa shape index (κ1) is 14.9. The van der Waals surface area contributed by atoms with E-state index in [1.54, 1.807) is 43.8 Å². The summed E-state index contributed by atoms with van der Waals surface area (Å²) >= 11 is 3.27. The van der Waals surface area contributed by atoms with E-state index in [9.17, 15) is 8.42 Å². The Kier molecular flexibility index (Phi) is 3.79. The third-order valence-electron chi connectivity index (χ3n) is 2.96. The van der Waals surface area contributed by atoms with Gasteiger partial charge in [0.15, 0.2) is 0 Å². The van der Waals surface area contributed by atoms with Crippen molar-refractivity contribution in [3.8, 4) is 0 Å². The molecule has 1 aromatic heterocycles. The largest absolute Gasteiger partial charge is 0.398 e. The van der Waals surface area contributed by atoms with Crippen LogP contribution in [-0.4, -0.2) is 18.2 Å². The smallest absolute Gasteiger partial charge is 0.265 e. The molecule has 0 aliphatic heterocycles. The summed E-state index contributed by atoms with van der Waals surface area (Å²) in [5, 5.41) is 4.12. The molecule has 1 heterocycles. The summed E-state index contributed by atoms with van der Waals surface area (Å²) in [6, 6.07) is 4.86. The minimum absolute atomic E-state index is 0.202. The summed E-state index contributed by atoms with van der Waals surface area (Å²) in [7, 11) is -1.97. The minimum atomic E-state index is -3.68. The van der Waals surface area contributed by atoms with Crippen molar-refractivity contribution in [3.63, 3.8) is 0 Å². The van der Waals surface area contributed by atoms with E-state index < -0.39 is 10.0 Å². The molecule has 0 aliphatic carbocycles. The summed E-state index contributed by atoms with van der Waals surface area (Å²) in [6.07, 6.45) is 0. The number of nitrogens with one attached hydrogen (secondary N) is 1. The molecule has 0 saturated heterocycles. The lowest BCUT2D eigenvalue weighted by Gasteiger charge is -2.09. The first-order chi connectivity index (χ1) is 9.22. The van der Waals surface area contributed by atoms with Crippen molar-refractivity contribution in [2.75, 3.05) is 10.5 Å². The quantitative estimate of drug-likeness (QED) is 0.822. The Balaban J connectivity index is 2.43. The van der Waals surface area contributed by atoms with Gasteiger partial charge in [0.25, 0.3) is 10.0 Å². The zero-order valence-corrected chi connectivity index (χ0v) is 13.7. The highest BCUT2D eigenvalue weighted by Gasteiger charge is 2.23. The number of hydrogen-bond acceptors (Lipinski definition) is 4. The summed E-state index contributed by atoms with van der Waals surface area (Å²) in [4.78, 5) is 0.202. The van der Waals surface area contributed by atoms with Gasteiger partial charge in [-0.2, -0.15) is 5.10 Å². The van der Waals surface area contributed by atoms with Crippen molar-refractivity contribution in [1.82, 2.24) is 9.78 Å². The average Bonchev–Trinajstić information content (AvgIpc) is 2.58. The number of halogens is 1. The SMILES string of the molecule is Cc1nn(C)c(C)c1S(=O)(=O)Nc1ccc(N)c(Br)c1. The maximum atomic E-state index is 12.4. The van der Waals surface area contributed by atoms with Gasteiger partial charge in [0.2, 0.25) is 0 Å². The van der Waals surface area contributed by atoms with Gasteiger partial charge in [-0.1, -0.05) is 0 Å². The molecule has 1 aromatic carbocycles. The van der Waals surface area contributed by atoms with Crippen LogP contribution >= 0.6 is 15.9 Å². The molecule has 0 unspecified atom stereocenters. The fourth-order valence-corrected chi connectivity index (χ4v) is 3.81. The van der Waals surface area contributed by atoms with Gasteiger partial charge in [-0.25, -0.2) is 8.42 Å². The van der Waals surface area contributed by atoms with Gasteiger partial charge in [0.1, 0.15) is 4.90 Å². The van der Waals surface area contributed by atoms with E-state index >= 15 is 0 Å². The molecule has 8 heteroatoms. The zero-order chi connectivity index (χ0) is 15.1. The van der Waals surface area contributed by atoms with Crippen molar-refractivity contribution >= 4 is 37.3 Å². The third kappa shape index (κ3) is 2.66. The van der Waals surface area contributed by atoms with Gasteiger partial charge >= 0.3 is 0 Å². The molecule has 0 amide bonds. The van der Waals surface area contributed by atoms with Crippen LogP contribution < -0.4 is 10.5 Å². The van der Waals surface area contributed by atoms with Gasteiger partial charge in [0, 0.05) is 17.2 Å². The van der Waals surface area contributed by atoms with Crippen LogP contribution in [-0.2, 0) is 17.1 Å². The molecule has 2 rings (SSSR count). The molecule has 108 valence electrons. The summed E-state index contributed by atoms with van der Waals surface area (Å²) in [6.45, 7) is 3.38. The highest BCUT2D eigenvalue weighted by molar-refractivity contribution is 9.10. The van der Waals surface area contributed by atoms with Crippen molar-refractivity contribution < 1.29 is 8.42 Å². The summed E-state index contributed by atoms with van der Waals surface area (Å²) in [5.74, 6) is 0. The molecule has 2 aromatic rings. The topological polar surface area (TPSA) is 90.0 Å². The number of nitrogen functional groups attached to an aromatic ring is 1. The Labute approximate surface area is 126 Å². The lowest BCUT2D eigenvalue weighted by Crippen LogP contribution is -2.15. The van der Waals surface area contributed by atoms with Crippen LogP contribution in [0.5, 0.6) is 0 Å². The molecular weight excluding hydrogens is 344 g/mol. The van der Waals surface area contributed by atoms with Crippen LogP contribution in [0.2, 0.25) is 0 Å². The van der Waals surface area contributed by atoms with E-state index in [4.69, 9.17) is 5.73 Å². The van der Waals surface area contributed by atoms with Crippen LogP contribution in [0.4, 0.5) is 11.4 Å². The second-order valence-electron chi connectivity index (χ2n) is 4.47. The Morgan fingerprint density at radius 3 is 2.50 bits per heavy atom. The van der Waals surface area contributed by atoms with Gasteiger partial charge in [0.05, 0.1) is 17.1 Å². The Morgan fingerprint density at radius 1 is 1.35 bits per heavy atom. The van der Waals surface area contributed by atoms with Crippen molar-refractivity contribution in [2.45, 2.75) is 18.7 Å². The number of sulfonamides is 1. The standard InChI is InChI=1S/C12H15BrN4O2S/c1-7-12(8(2)17(3)15-7)20(18,19)16-9-4-5-11(14)10(13)6-9/h4-6,16H,14H2,1-3H3. The monoisotopic (exact) mass is 358 g/mol. The normalized spacial score (nSPS) is 11.6. The number of rotatable bonds is 3. The lowest BCUT2D eigenvalue weighted by molar-refractivity contribution is 0.599. The number of benzene rings is 1. The van der Waals surface area contributed by atoms with E-state index in [1.807, 2.05) is 0 Å². The second-order valence-corrected chi connectivity index (χ2v) is 6.94. The first-order valence-electron chi connectivity index (χ1n) is 5.80. The molecule has 6 nitrogen and oxygen atoms in total. The minimum Gasteiger partial charge on any atom is -0.398 e. The third-order valence-corrected chi connectivity index (χ3v) is 5.28. The molecule has 0 radical (unpaired) electrons.